The second-order valence-electron chi connectivity index (χ2n) is 7.41. The lowest BCUT2D eigenvalue weighted by atomic mass is 9.92. The Balaban J connectivity index is 1.51. The van der Waals surface area contributed by atoms with Crippen molar-refractivity contribution in [2.75, 3.05) is 13.1 Å². The van der Waals surface area contributed by atoms with E-state index in [1.807, 2.05) is 23.1 Å². The summed E-state index contributed by atoms with van der Waals surface area (Å²) in [5, 5.41) is 12.9. The van der Waals surface area contributed by atoms with Gasteiger partial charge in [0.15, 0.2) is 0 Å². The number of carbonyl (C=O) groups is 1. The van der Waals surface area contributed by atoms with Crippen molar-refractivity contribution in [3.8, 4) is 0 Å². The molecule has 1 aromatic rings. The molecule has 0 aromatic heterocycles. The third kappa shape index (κ3) is 4.95. The molecule has 4 unspecified atom stereocenters. The first-order valence-electron chi connectivity index (χ1n) is 9.52. The predicted molar refractivity (Wildman–Crippen MR) is 97.2 cm³/mol. The molecule has 1 heterocycles. The number of hydrogen-bond donors (Lipinski definition) is 2. The van der Waals surface area contributed by atoms with E-state index >= 15 is 0 Å². The predicted octanol–water partition coefficient (Wildman–Crippen LogP) is 2.93. The van der Waals surface area contributed by atoms with Gasteiger partial charge in [-0.2, -0.15) is 0 Å². The minimum Gasteiger partial charge on any atom is -0.393 e. The van der Waals surface area contributed by atoms with Gasteiger partial charge in [-0.05, 0) is 31.7 Å². The maximum Gasteiger partial charge on any atom is 0.317 e. The summed E-state index contributed by atoms with van der Waals surface area (Å²) in [6.45, 7) is 3.77. The lowest BCUT2D eigenvalue weighted by Crippen LogP contribution is -2.50. The van der Waals surface area contributed by atoms with E-state index in [0.29, 0.717) is 13.2 Å². The third-order valence-corrected chi connectivity index (χ3v) is 5.51. The lowest BCUT2D eigenvalue weighted by molar-refractivity contribution is -0.00368. The van der Waals surface area contributed by atoms with Crippen LogP contribution in [0.4, 0.5) is 4.79 Å². The van der Waals surface area contributed by atoms with E-state index < -0.39 is 0 Å². The summed E-state index contributed by atoms with van der Waals surface area (Å²) in [6, 6.07) is 10.2. The van der Waals surface area contributed by atoms with Crippen molar-refractivity contribution in [1.82, 2.24) is 10.2 Å². The summed E-state index contributed by atoms with van der Waals surface area (Å²) >= 11 is 0. The van der Waals surface area contributed by atoms with E-state index in [0.717, 1.165) is 44.2 Å². The molecule has 5 heteroatoms. The summed E-state index contributed by atoms with van der Waals surface area (Å²) in [6.07, 6.45) is 4.85. The van der Waals surface area contributed by atoms with Crippen LogP contribution in [-0.2, 0) is 11.3 Å². The molecule has 1 saturated heterocycles. The zero-order valence-corrected chi connectivity index (χ0v) is 15.1. The van der Waals surface area contributed by atoms with E-state index in [-0.39, 0.29) is 30.2 Å². The van der Waals surface area contributed by atoms with Gasteiger partial charge < -0.3 is 20.1 Å². The van der Waals surface area contributed by atoms with Gasteiger partial charge in [-0.3, -0.25) is 0 Å². The van der Waals surface area contributed by atoms with Crippen molar-refractivity contribution in [1.29, 1.82) is 0 Å². The molecule has 25 heavy (non-hydrogen) atoms. The number of rotatable bonds is 5. The number of amides is 2. The SMILES string of the molecule is CC(O)C1CCN(C(=O)NC2CCCCC2OCc2ccccc2)C1. The van der Waals surface area contributed by atoms with E-state index in [2.05, 4.69) is 17.4 Å². The molecule has 1 aliphatic heterocycles. The molecule has 5 nitrogen and oxygen atoms in total. The second kappa shape index (κ2) is 8.68. The first-order valence-corrected chi connectivity index (χ1v) is 9.52. The number of nitrogens with one attached hydrogen (secondary N) is 1. The summed E-state index contributed by atoms with van der Waals surface area (Å²) < 4.78 is 6.13. The molecular formula is C20H30N2O3. The molecule has 2 fully saturated rings. The molecule has 1 saturated carbocycles. The van der Waals surface area contributed by atoms with E-state index in [1.165, 1.54) is 0 Å². The van der Waals surface area contributed by atoms with Crippen LogP contribution in [0.2, 0.25) is 0 Å². The van der Waals surface area contributed by atoms with Crippen LogP contribution in [0, 0.1) is 5.92 Å². The summed E-state index contributed by atoms with van der Waals surface area (Å²) in [4.78, 5) is 14.4. The topological polar surface area (TPSA) is 61.8 Å². The Bertz CT molecular complexity index is 549. The Morgan fingerprint density at radius 3 is 2.76 bits per heavy atom. The number of aliphatic hydroxyl groups excluding tert-OH is 1. The fourth-order valence-electron chi connectivity index (χ4n) is 3.85. The molecule has 2 aliphatic rings. The average Bonchev–Trinajstić information content (AvgIpc) is 3.12. The highest BCUT2D eigenvalue weighted by Gasteiger charge is 2.32. The molecule has 4 atom stereocenters. The number of urea groups is 1. The lowest BCUT2D eigenvalue weighted by Gasteiger charge is -2.33. The van der Waals surface area contributed by atoms with Crippen molar-refractivity contribution in [2.24, 2.45) is 5.92 Å². The normalized spacial score (nSPS) is 27.9. The maximum atomic E-state index is 12.6. The number of ether oxygens (including phenoxy) is 1. The summed E-state index contributed by atoms with van der Waals surface area (Å²) in [7, 11) is 0. The average molecular weight is 346 g/mol. The Kier molecular flexibility index (Phi) is 6.32. The largest absolute Gasteiger partial charge is 0.393 e. The standard InChI is InChI=1S/C20H30N2O3/c1-15(23)17-11-12-22(13-17)20(24)21-18-9-5-6-10-19(18)25-14-16-7-3-2-4-8-16/h2-4,7-8,15,17-19,23H,5-6,9-14H2,1H3,(H,21,24). The molecule has 3 rings (SSSR count). The molecule has 1 aromatic carbocycles. The van der Waals surface area contributed by atoms with Crippen LogP contribution < -0.4 is 5.32 Å². The Morgan fingerprint density at radius 2 is 2.04 bits per heavy atom. The summed E-state index contributed by atoms with van der Waals surface area (Å²) in [5.74, 6) is 0.197. The van der Waals surface area contributed by atoms with Gasteiger partial charge in [0, 0.05) is 19.0 Å². The zero-order chi connectivity index (χ0) is 17.6. The molecule has 138 valence electrons. The van der Waals surface area contributed by atoms with Crippen LogP contribution in [0.25, 0.3) is 0 Å². The number of nitrogens with zero attached hydrogens (tertiary/aromatic N) is 1. The van der Waals surface area contributed by atoms with Crippen LogP contribution in [0.3, 0.4) is 0 Å². The Morgan fingerprint density at radius 1 is 1.28 bits per heavy atom. The molecular weight excluding hydrogens is 316 g/mol. The van der Waals surface area contributed by atoms with Gasteiger partial charge in [0.1, 0.15) is 0 Å². The number of aliphatic hydroxyl groups is 1. The Hall–Kier alpha value is -1.59. The van der Waals surface area contributed by atoms with Gasteiger partial charge in [0.05, 0.1) is 24.9 Å². The van der Waals surface area contributed by atoms with Gasteiger partial charge >= 0.3 is 6.03 Å². The highest BCUT2D eigenvalue weighted by Crippen LogP contribution is 2.24. The first kappa shape index (κ1) is 18.2. The van der Waals surface area contributed by atoms with E-state index in [1.54, 1.807) is 6.92 Å². The quantitative estimate of drug-likeness (QED) is 0.862. The highest BCUT2D eigenvalue weighted by molar-refractivity contribution is 5.75. The maximum absolute atomic E-state index is 12.6. The minimum atomic E-state index is -0.352. The molecule has 0 radical (unpaired) electrons. The fraction of sp³-hybridized carbons (Fsp3) is 0.650. The Labute approximate surface area is 150 Å². The number of likely N-dealkylation sites (tertiary alicyclic amines) is 1. The highest BCUT2D eigenvalue weighted by atomic mass is 16.5. The van der Waals surface area contributed by atoms with Crippen molar-refractivity contribution in [3.63, 3.8) is 0 Å². The fourth-order valence-corrected chi connectivity index (χ4v) is 3.85. The van der Waals surface area contributed by atoms with Crippen LogP contribution in [0.15, 0.2) is 30.3 Å². The number of carbonyl (C=O) groups excluding carboxylic acids is 1. The van der Waals surface area contributed by atoms with Crippen molar-refractivity contribution >= 4 is 6.03 Å². The summed E-state index contributed by atoms with van der Waals surface area (Å²) in [5.41, 5.74) is 1.16. The van der Waals surface area contributed by atoms with Crippen LogP contribution in [0.1, 0.15) is 44.6 Å². The van der Waals surface area contributed by atoms with Gasteiger partial charge in [0.2, 0.25) is 0 Å². The number of hydrogen-bond acceptors (Lipinski definition) is 3. The monoisotopic (exact) mass is 346 g/mol. The first-order chi connectivity index (χ1) is 12.1. The van der Waals surface area contributed by atoms with Crippen molar-refractivity contribution < 1.29 is 14.6 Å². The minimum absolute atomic E-state index is 0.0108. The van der Waals surface area contributed by atoms with Crippen molar-refractivity contribution in [2.45, 2.75) is 63.9 Å². The third-order valence-electron chi connectivity index (χ3n) is 5.51. The van der Waals surface area contributed by atoms with Crippen LogP contribution >= 0.6 is 0 Å². The smallest absolute Gasteiger partial charge is 0.317 e. The van der Waals surface area contributed by atoms with Gasteiger partial charge in [0.25, 0.3) is 0 Å². The molecule has 0 bridgehead atoms. The van der Waals surface area contributed by atoms with E-state index in [4.69, 9.17) is 4.74 Å². The van der Waals surface area contributed by atoms with Crippen LogP contribution in [0.5, 0.6) is 0 Å². The number of benzene rings is 1. The van der Waals surface area contributed by atoms with Gasteiger partial charge in [-0.1, -0.05) is 43.2 Å². The van der Waals surface area contributed by atoms with Crippen molar-refractivity contribution in [3.05, 3.63) is 35.9 Å². The van der Waals surface area contributed by atoms with Crippen LogP contribution in [-0.4, -0.2) is 47.4 Å². The molecule has 2 amide bonds. The molecule has 2 N–H and O–H groups in total. The second-order valence-corrected chi connectivity index (χ2v) is 7.41. The van der Waals surface area contributed by atoms with Gasteiger partial charge in [-0.15, -0.1) is 0 Å². The molecule has 1 aliphatic carbocycles. The molecule has 0 spiro atoms. The van der Waals surface area contributed by atoms with E-state index in [9.17, 15) is 9.90 Å². The zero-order valence-electron chi connectivity index (χ0n) is 15.1. The van der Waals surface area contributed by atoms with Gasteiger partial charge in [-0.25, -0.2) is 4.79 Å².